The molecule has 1 fully saturated rings. The van der Waals surface area contributed by atoms with Crippen molar-refractivity contribution in [3.63, 3.8) is 0 Å². The topological polar surface area (TPSA) is 74.7 Å². The van der Waals surface area contributed by atoms with E-state index in [9.17, 15) is 13.2 Å². The highest BCUT2D eigenvalue weighted by atomic mass is 32.2. The Morgan fingerprint density at radius 2 is 1.89 bits per heavy atom. The Bertz CT molecular complexity index is 510. The van der Waals surface area contributed by atoms with Crippen LogP contribution in [0.2, 0.25) is 0 Å². The lowest BCUT2D eigenvalue weighted by Crippen LogP contribution is -2.16. The third-order valence-corrected chi connectivity index (χ3v) is 3.24. The molecule has 1 aliphatic heterocycles. The van der Waals surface area contributed by atoms with Crippen LogP contribution in [0.25, 0.3) is 0 Å². The van der Waals surface area contributed by atoms with Crippen LogP contribution in [0, 0.1) is 0 Å². The van der Waals surface area contributed by atoms with Crippen molar-refractivity contribution in [1.82, 2.24) is 4.90 Å². The third kappa shape index (κ3) is 4.31. The van der Waals surface area contributed by atoms with E-state index in [4.69, 9.17) is 4.55 Å². The number of carbonyl (C=O) groups is 1. The minimum atomic E-state index is -4.00. The largest absolute Gasteiger partial charge is 0.320 e. The third-order valence-electron chi connectivity index (χ3n) is 2.37. The Kier molecular flexibility index (Phi) is 5.06. The number of amides is 1. The van der Waals surface area contributed by atoms with Gasteiger partial charge in [-0.2, -0.15) is 8.42 Å². The van der Waals surface area contributed by atoms with Gasteiger partial charge >= 0.3 is 0 Å². The summed E-state index contributed by atoms with van der Waals surface area (Å²) in [6, 6.07) is 7.42. The molecule has 0 spiro atoms. The molecule has 0 radical (unpaired) electrons. The molecule has 1 aliphatic rings. The van der Waals surface area contributed by atoms with E-state index in [-0.39, 0.29) is 10.8 Å². The molecule has 0 atom stereocenters. The average Bonchev–Trinajstić information content (AvgIpc) is 2.76. The molecule has 2 rings (SSSR count). The van der Waals surface area contributed by atoms with Crippen LogP contribution in [0.4, 0.5) is 0 Å². The second kappa shape index (κ2) is 6.32. The normalized spacial score (nSPS) is 14.9. The van der Waals surface area contributed by atoms with Crippen molar-refractivity contribution < 1.29 is 17.8 Å². The van der Waals surface area contributed by atoms with Gasteiger partial charge in [0.15, 0.2) is 0 Å². The molecule has 1 heterocycles. The molecular formula is C12H15NO4S. The van der Waals surface area contributed by atoms with Gasteiger partial charge < -0.3 is 4.90 Å². The fraction of sp³-hybridized carbons (Fsp3) is 0.250. The van der Waals surface area contributed by atoms with Gasteiger partial charge in [0.2, 0.25) is 5.91 Å². The monoisotopic (exact) mass is 269 g/mol. The quantitative estimate of drug-likeness (QED) is 0.829. The molecule has 1 N–H and O–H groups in total. The molecule has 0 bridgehead atoms. The number of nitrogens with zero attached hydrogens (tertiary/aromatic N) is 1. The summed E-state index contributed by atoms with van der Waals surface area (Å²) in [5.74, 6) is 0.208. The maximum absolute atomic E-state index is 10.7. The van der Waals surface area contributed by atoms with Gasteiger partial charge in [0.25, 0.3) is 10.1 Å². The summed E-state index contributed by atoms with van der Waals surface area (Å²) in [5, 5.41) is 0. The van der Waals surface area contributed by atoms with Crippen molar-refractivity contribution >= 4 is 16.0 Å². The number of hydrogen-bond acceptors (Lipinski definition) is 3. The summed E-state index contributed by atoms with van der Waals surface area (Å²) < 4.78 is 29.2. The minimum absolute atomic E-state index is 0.0741. The lowest BCUT2D eigenvalue weighted by molar-refractivity contribution is -0.125. The van der Waals surface area contributed by atoms with Crippen molar-refractivity contribution in [2.75, 3.05) is 6.54 Å². The maximum Gasteiger partial charge on any atom is 0.294 e. The second-order valence-corrected chi connectivity index (χ2v) is 5.08. The van der Waals surface area contributed by atoms with Gasteiger partial charge in [-0.05, 0) is 24.8 Å². The second-order valence-electron chi connectivity index (χ2n) is 3.66. The molecule has 0 unspecified atom stereocenters. The highest BCUT2D eigenvalue weighted by Crippen LogP contribution is 2.08. The molecule has 98 valence electrons. The van der Waals surface area contributed by atoms with Crippen LogP contribution >= 0.6 is 0 Å². The molecule has 18 heavy (non-hydrogen) atoms. The van der Waals surface area contributed by atoms with E-state index in [1.54, 1.807) is 29.3 Å². The van der Waals surface area contributed by atoms with Crippen LogP contribution in [-0.4, -0.2) is 30.3 Å². The first kappa shape index (κ1) is 14.4. The van der Waals surface area contributed by atoms with Gasteiger partial charge in [-0.1, -0.05) is 24.8 Å². The molecule has 0 saturated carbocycles. The molecule has 1 aromatic rings. The lowest BCUT2D eigenvalue weighted by Gasteiger charge is -2.05. The maximum atomic E-state index is 10.7. The first-order valence-electron chi connectivity index (χ1n) is 5.39. The van der Waals surface area contributed by atoms with E-state index in [0.717, 1.165) is 13.0 Å². The van der Waals surface area contributed by atoms with Crippen molar-refractivity contribution in [3.8, 4) is 0 Å². The molecule has 1 amide bonds. The first-order valence-corrected chi connectivity index (χ1v) is 6.83. The fourth-order valence-electron chi connectivity index (χ4n) is 1.45. The van der Waals surface area contributed by atoms with Gasteiger partial charge in [-0.3, -0.25) is 9.35 Å². The highest BCUT2D eigenvalue weighted by molar-refractivity contribution is 7.85. The van der Waals surface area contributed by atoms with Crippen LogP contribution in [0.3, 0.4) is 0 Å². The van der Waals surface area contributed by atoms with Gasteiger partial charge in [0.1, 0.15) is 0 Å². The first-order chi connectivity index (χ1) is 8.45. The Hall–Kier alpha value is -1.66. The summed E-state index contributed by atoms with van der Waals surface area (Å²) >= 11 is 0. The average molecular weight is 269 g/mol. The summed E-state index contributed by atoms with van der Waals surface area (Å²) in [6.07, 6.45) is 3.28. The Morgan fingerprint density at radius 3 is 2.17 bits per heavy atom. The highest BCUT2D eigenvalue weighted by Gasteiger charge is 2.16. The number of likely N-dealkylation sites (tertiary alicyclic amines) is 1. The van der Waals surface area contributed by atoms with E-state index in [2.05, 4.69) is 6.58 Å². The van der Waals surface area contributed by atoms with E-state index in [0.29, 0.717) is 6.42 Å². The smallest absolute Gasteiger partial charge is 0.294 e. The van der Waals surface area contributed by atoms with E-state index in [1.165, 1.54) is 12.1 Å². The van der Waals surface area contributed by atoms with E-state index >= 15 is 0 Å². The molecule has 1 aromatic carbocycles. The Morgan fingerprint density at radius 1 is 1.28 bits per heavy atom. The minimum Gasteiger partial charge on any atom is -0.320 e. The van der Waals surface area contributed by atoms with Gasteiger partial charge in [0.05, 0.1) is 4.90 Å². The van der Waals surface area contributed by atoms with Crippen molar-refractivity contribution in [2.45, 2.75) is 17.7 Å². The number of carbonyl (C=O) groups excluding carboxylic acids is 1. The zero-order chi connectivity index (χ0) is 13.6. The Balaban J connectivity index is 0.000000184. The molecule has 5 nitrogen and oxygen atoms in total. The van der Waals surface area contributed by atoms with E-state index < -0.39 is 10.1 Å². The fourth-order valence-corrected chi connectivity index (χ4v) is 1.96. The number of rotatable bonds is 2. The molecule has 0 aromatic heterocycles. The van der Waals surface area contributed by atoms with Crippen molar-refractivity contribution in [1.29, 1.82) is 0 Å². The standard InChI is InChI=1S/C6H9NO.C6H6O3S/c1-2-7-5-3-4-6(7)8;7-10(8,9)6-4-2-1-3-5-6/h2H,1,3-5H2;1-5H,(H,7,8,9). The van der Waals surface area contributed by atoms with Crippen molar-refractivity contribution in [3.05, 3.63) is 43.1 Å². The zero-order valence-electron chi connectivity index (χ0n) is 9.82. The number of benzene rings is 1. The van der Waals surface area contributed by atoms with E-state index in [1.807, 2.05) is 0 Å². The zero-order valence-corrected chi connectivity index (χ0v) is 10.6. The summed E-state index contributed by atoms with van der Waals surface area (Å²) in [5.41, 5.74) is 0. The van der Waals surface area contributed by atoms with Crippen LogP contribution in [0.1, 0.15) is 12.8 Å². The summed E-state index contributed by atoms with van der Waals surface area (Å²) in [4.78, 5) is 12.2. The van der Waals surface area contributed by atoms with Gasteiger partial charge in [0, 0.05) is 13.0 Å². The summed E-state index contributed by atoms with van der Waals surface area (Å²) in [7, 11) is -4.00. The molecular weight excluding hydrogens is 254 g/mol. The van der Waals surface area contributed by atoms with Gasteiger partial charge in [-0.25, -0.2) is 0 Å². The van der Waals surface area contributed by atoms with Crippen molar-refractivity contribution in [2.24, 2.45) is 0 Å². The molecule has 6 heteroatoms. The Labute approximate surface area is 106 Å². The molecule has 1 saturated heterocycles. The predicted octanol–water partition coefficient (Wildman–Crippen LogP) is 1.69. The predicted molar refractivity (Wildman–Crippen MR) is 67.4 cm³/mol. The summed E-state index contributed by atoms with van der Waals surface area (Å²) in [6.45, 7) is 4.36. The lowest BCUT2D eigenvalue weighted by atomic mass is 10.4. The SMILES string of the molecule is C=CN1CCCC1=O.O=S(=O)(O)c1ccccc1. The van der Waals surface area contributed by atoms with Crippen LogP contribution < -0.4 is 0 Å². The number of hydrogen-bond donors (Lipinski definition) is 1. The van der Waals surface area contributed by atoms with Crippen LogP contribution in [0.15, 0.2) is 48.0 Å². The van der Waals surface area contributed by atoms with Gasteiger partial charge in [-0.15, -0.1) is 0 Å². The van der Waals surface area contributed by atoms with Crippen LogP contribution in [-0.2, 0) is 14.9 Å². The molecule has 0 aliphatic carbocycles. The van der Waals surface area contributed by atoms with Crippen LogP contribution in [0.5, 0.6) is 0 Å².